The molecule has 0 aliphatic carbocycles. The monoisotopic (exact) mass is 463 g/mol. The zero-order valence-electron chi connectivity index (χ0n) is 18.9. The van der Waals surface area contributed by atoms with Crippen LogP contribution in [0.4, 0.5) is 0 Å². The van der Waals surface area contributed by atoms with Gasteiger partial charge in [-0.1, -0.05) is 26.0 Å². The molecule has 1 aromatic carbocycles. The van der Waals surface area contributed by atoms with E-state index < -0.39 is 11.5 Å². The number of aromatic nitrogens is 6. The number of hydrogen-bond acceptors (Lipinski definition) is 6. The molecule has 0 bridgehead atoms. The van der Waals surface area contributed by atoms with Crippen molar-refractivity contribution in [1.82, 2.24) is 34.2 Å². The number of benzene rings is 1. The molecule has 4 rings (SSSR count). The lowest BCUT2D eigenvalue weighted by molar-refractivity contribution is 0.0695. The highest BCUT2D eigenvalue weighted by Crippen LogP contribution is 2.14. The number of carboxylic acids is 1. The van der Waals surface area contributed by atoms with Gasteiger partial charge in [-0.05, 0) is 30.5 Å². The Bertz CT molecular complexity index is 1380. The molecular formula is C23H25N7O4. The molecule has 0 spiro atoms. The first-order valence-corrected chi connectivity index (χ1v) is 11.0. The number of carbonyl (C=O) groups is 2. The van der Waals surface area contributed by atoms with Crippen LogP contribution in [-0.2, 0) is 6.54 Å². The minimum atomic E-state index is -1.13. The van der Waals surface area contributed by atoms with Gasteiger partial charge in [-0.3, -0.25) is 14.6 Å². The van der Waals surface area contributed by atoms with Crippen LogP contribution in [0.25, 0.3) is 17.1 Å². The zero-order valence-corrected chi connectivity index (χ0v) is 18.9. The van der Waals surface area contributed by atoms with Gasteiger partial charge < -0.3 is 14.6 Å². The minimum absolute atomic E-state index is 0.0149. The van der Waals surface area contributed by atoms with Crippen LogP contribution in [0.2, 0.25) is 0 Å². The van der Waals surface area contributed by atoms with E-state index in [0.29, 0.717) is 17.8 Å². The topological polar surface area (TPSA) is 139 Å². The van der Waals surface area contributed by atoms with Crippen LogP contribution >= 0.6 is 0 Å². The summed E-state index contributed by atoms with van der Waals surface area (Å²) in [6, 6.07) is 7.35. The van der Waals surface area contributed by atoms with E-state index in [0.717, 1.165) is 31.5 Å². The molecule has 2 N–H and O–H groups in total. The second-order valence-corrected chi connectivity index (χ2v) is 7.90. The highest BCUT2D eigenvalue weighted by atomic mass is 16.4. The van der Waals surface area contributed by atoms with Crippen molar-refractivity contribution in [2.75, 3.05) is 13.1 Å². The van der Waals surface area contributed by atoms with Gasteiger partial charge in [-0.25, -0.2) is 14.5 Å². The van der Waals surface area contributed by atoms with Crippen LogP contribution in [0.5, 0.6) is 0 Å². The van der Waals surface area contributed by atoms with Gasteiger partial charge in [0.05, 0.1) is 24.6 Å². The molecule has 0 radical (unpaired) electrons. The van der Waals surface area contributed by atoms with Gasteiger partial charge in [-0.2, -0.15) is 10.1 Å². The van der Waals surface area contributed by atoms with E-state index in [1.165, 1.54) is 23.4 Å². The number of H-pyrrole nitrogens is 1. The molecule has 0 unspecified atom stereocenters. The van der Waals surface area contributed by atoms with Gasteiger partial charge in [0.15, 0.2) is 11.2 Å². The normalized spacial score (nSPS) is 11.1. The van der Waals surface area contributed by atoms with Gasteiger partial charge in [0.1, 0.15) is 0 Å². The molecule has 3 heterocycles. The van der Waals surface area contributed by atoms with Crippen molar-refractivity contribution in [3.63, 3.8) is 0 Å². The molecule has 0 saturated heterocycles. The van der Waals surface area contributed by atoms with Gasteiger partial charge >= 0.3 is 5.97 Å². The zero-order chi connectivity index (χ0) is 24.2. The largest absolute Gasteiger partial charge is 0.478 e. The minimum Gasteiger partial charge on any atom is -0.478 e. The lowest BCUT2D eigenvalue weighted by Gasteiger charge is -2.21. The standard InChI is InChI=1S/C23H25N7O4/c1-3-9-28(10-4-2)21(32)16-7-5-15(6-8-16)12-29-14-24-18-19(29)26-23(27-20(18)31)30-13-17(11-25-30)22(33)34/h5-8,11,13-14H,3-4,9-10,12H2,1-2H3,(H,33,34)(H,26,27,31). The summed E-state index contributed by atoms with van der Waals surface area (Å²) in [6.45, 7) is 5.94. The van der Waals surface area contributed by atoms with E-state index in [2.05, 4.69) is 33.9 Å². The molecule has 0 fully saturated rings. The third-order valence-corrected chi connectivity index (χ3v) is 5.34. The summed E-state index contributed by atoms with van der Waals surface area (Å²) in [5.74, 6) is -1.03. The smallest absolute Gasteiger partial charge is 0.338 e. The van der Waals surface area contributed by atoms with Gasteiger partial charge in [-0.15, -0.1) is 0 Å². The van der Waals surface area contributed by atoms with Gasteiger partial charge in [0.25, 0.3) is 11.5 Å². The Morgan fingerprint density at radius 3 is 2.41 bits per heavy atom. The van der Waals surface area contributed by atoms with Crippen LogP contribution in [-0.4, -0.2) is 64.3 Å². The molecule has 1 amide bonds. The Kier molecular flexibility index (Phi) is 6.53. The van der Waals surface area contributed by atoms with Crippen LogP contribution in [0.15, 0.2) is 47.8 Å². The van der Waals surface area contributed by atoms with Crippen LogP contribution < -0.4 is 5.56 Å². The van der Waals surface area contributed by atoms with Crippen molar-refractivity contribution < 1.29 is 14.7 Å². The summed E-state index contributed by atoms with van der Waals surface area (Å²) < 4.78 is 2.91. The van der Waals surface area contributed by atoms with E-state index in [1.807, 2.05) is 17.0 Å². The average Bonchev–Trinajstić information content (AvgIpc) is 3.47. The van der Waals surface area contributed by atoms with Crippen molar-refractivity contribution >= 4 is 23.0 Å². The second kappa shape index (κ2) is 9.69. The van der Waals surface area contributed by atoms with E-state index >= 15 is 0 Å². The number of carbonyl (C=O) groups excluding carboxylic acids is 1. The predicted octanol–water partition coefficient (Wildman–Crippen LogP) is 2.31. The van der Waals surface area contributed by atoms with Crippen molar-refractivity contribution in [3.05, 3.63) is 70.0 Å². The van der Waals surface area contributed by atoms with Crippen molar-refractivity contribution in [3.8, 4) is 5.95 Å². The highest BCUT2D eigenvalue weighted by molar-refractivity contribution is 5.94. The quantitative estimate of drug-likeness (QED) is 0.388. The lowest BCUT2D eigenvalue weighted by Crippen LogP contribution is -2.32. The fraction of sp³-hybridized carbons (Fsp3) is 0.304. The summed E-state index contributed by atoms with van der Waals surface area (Å²) in [4.78, 5) is 49.5. The maximum Gasteiger partial charge on any atom is 0.338 e. The summed E-state index contributed by atoms with van der Waals surface area (Å²) in [5.41, 5.74) is 1.55. The number of nitrogens with one attached hydrogen (secondary N) is 1. The van der Waals surface area contributed by atoms with E-state index in [1.54, 1.807) is 16.7 Å². The molecule has 0 aliphatic rings. The first kappa shape index (κ1) is 22.9. The van der Waals surface area contributed by atoms with Crippen molar-refractivity contribution in [2.45, 2.75) is 33.2 Å². The Morgan fingerprint density at radius 1 is 1.09 bits per heavy atom. The molecule has 11 heteroatoms. The summed E-state index contributed by atoms with van der Waals surface area (Å²) >= 11 is 0. The summed E-state index contributed by atoms with van der Waals surface area (Å²) in [6.07, 6.45) is 5.77. The summed E-state index contributed by atoms with van der Waals surface area (Å²) in [7, 11) is 0. The first-order valence-electron chi connectivity index (χ1n) is 11.0. The summed E-state index contributed by atoms with van der Waals surface area (Å²) in [5, 5.41) is 13.1. The average molecular weight is 463 g/mol. The fourth-order valence-corrected chi connectivity index (χ4v) is 3.70. The number of fused-ring (bicyclic) bond motifs is 1. The number of rotatable bonds is 9. The second-order valence-electron chi connectivity index (χ2n) is 7.90. The van der Waals surface area contributed by atoms with Crippen LogP contribution in [0, 0.1) is 0 Å². The highest BCUT2D eigenvalue weighted by Gasteiger charge is 2.16. The Hall–Kier alpha value is -4.28. The Labute approximate surface area is 194 Å². The molecule has 4 aromatic rings. The fourth-order valence-electron chi connectivity index (χ4n) is 3.70. The SMILES string of the molecule is CCCN(CCC)C(=O)c1ccc(Cn2cnc3c(=O)[nH]c(-n4cc(C(=O)O)cn4)nc32)cc1. The van der Waals surface area contributed by atoms with Crippen molar-refractivity contribution in [1.29, 1.82) is 0 Å². The number of aromatic amines is 1. The first-order chi connectivity index (χ1) is 16.4. The number of aromatic carboxylic acids is 1. The molecule has 176 valence electrons. The molecular weight excluding hydrogens is 438 g/mol. The third-order valence-electron chi connectivity index (χ3n) is 5.34. The van der Waals surface area contributed by atoms with Gasteiger partial charge in [0, 0.05) is 24.8 Å². The number of imidazole rings is 1. The number of carboxylic acid groups (broad SMARTS) is 1. The number of nitrogens with zero attached hydrogens (tertiary/aromatic N) is 6. The molecule has 11 nitrogen and oxygen atoms in total. The van der Waals surface area contributed by atoms with Gasteiger partial charge in [0.2, 0.25) is 5.95 Å². The molecule has 3 aromatic heterocycles. The molecule has 0 atom stereocenters. The molecule has 0 saturated carbocycles. The molecule has 34 heavy (non-hydrogen) atoms. The van der Waals surface area contributed by atoms with Crippen LogP contribution in [0.3, 0.4) is 0 Å². The van der Waals surface area contributed by atoms with E-state index in [9.17, 15) is 14.4 Å². The van der Waals surface area contributed by atoms with Crippen LogP contribution in [0.1, 0.15) is 53.0 Å². The van der Waals surface area contributed by atoms with E-state index in [4.69, 9.17) is 5.11 Å². The molecule has 0 aliphatic heterocycles. The Morgan fingerprint density at radius 2 is 1.79 bits per heavy atom. The number of hydrogen-bond donors (Lipinski definition) is 2. The predicted molar refractivity (Wildman–Crippen MR) is 124 cm³/mol. The maximum atomic E-state index is 12.8. The Balaban J connectivity index is 1.59. The van der Waals surface area contributed by atoms with Crippen molar-refractivity contribution in [2.24, 2.45) is 0 Å². The third kappa shape index (κ3) is 4.58. The maximum absolute atomic E-state index is 12.8. The number of amides is 1. The van der Waals surface area contributed by atoms with E-state index in [-0.39, 0.29) is 22.9 Å². The lowest BCUT2D eigenvalue weighted by atomic mass is 10.1.